The Kier molecular flexibility index (Phi) is 5.00. The maximum atomic E-state index is 4.93. The molecule has 24 heavy (non-hydrogen) atoms. The molecule has 2 aromatic carbocycles. The molecular formula is C20H22ClN3. The molecule has 0 saturated carbocycles. The van der Waals surface area contributed by atoms with Crippen LogP contribution in [0.25, 0.3) is 22.3 Å². The van der Waals surface area contributed by atoms with E-state index in [9.17, 15) is 0 Å². The Balaban J connectivity index is 0.00000169. The van der Waals surface area contributed by atoms with Crippen LogP contribution in [0.5, 0.6) is 0 Å². The summed E-state index contributed by atoms with van der Waals surface area (Å²) in [5, 5.41) is 1.15. The van der Waals surface area contributed by atoms with Gasteiger partial charge in [0.2, 0.25) is 0 Å². The van der Waals surface area contributed by atoms with E-state index in [1.807, 2.05) is 24.3 Å². The predicted octanol–water partition coefficient (Wildman–Crippen LogP) is 4.95. The third-order valence-electron chi connectivity index (χ3n) is 4.70. The van der Waals surface area contributed by atoms with E-state index in [4.69, 9.17) is 9.97 Å². The number of rotatable bonds is 2. The highest BCUT2D eigenvalue weighted by molar-refractivity contribution is 5.91. The summed E-state index contributed by atoms with van der Waals surface area (Å²) < 4.78 is 0. The molecule has 3 aromatic rings. The normalized spacial score (nSPS) is 15.3. The Morgan fingerprint density at radius 3 is 2.29 bits per heavy atom. The van der Waals surface area contributed by atoms with Gasteiger partial charge in [0.1, 0.15) is 5.82 Å². The number of benzene rings is 2. The number of nitrogens with zero attached hydrogens (tertiary/aromatic N) is 3. The van der Waals surface area contributed by atoms with Gasteiger partial charge in [0.25, 0.3) is 0 Å². The molecule has 4 heteroatoms. The van der Waals surface area contributed by atoms with E-state index in [0.29, 0.717) is 0 Å². The van der Waals surface area contributed by atoms with Crippen LogP contribution >= 0.6 is 12.4 Å². The van der Waals surface area contributed by atoms with Crippen LogP contribution in [0.4, 0.5) is 5.82 Å². The van der Waals surface area contributed by atoms with Crippen molar-refractivity contribution in [3.05, 3.63) is 54.6 Å². The fourth-order valence-corrected chi connectivity index (χ4v) is 3.24. The first-order chi connectivity index (χ1) is 11.3. The van der Waals surface area contributed by atoms with Crippen LogP contribution in [-0.4, -0.2) is 23.1 Å². The Labute approximate surface area is 149 Å². The van der Waals surface area contributed by atoms with E-state index in [0.717, 1.165) is 47.1 Å². The van der Waals surface area contributed by atoms with Crippen molar-refractivity contribution in [2.24, 2.45) is 5.92 Å². The smallest absolute Gasteiger partial charge is 0.162 e. The quantitative estimate of drug-likeness (QED) is 0.661. The predicted molar refractivity (Wildman–Crippen MR) is 103 cm³/mol. The second kappa shape index (κ2) is 7.18. The molecule has 0 atom stereocenters. The average molecular weight is 340 g/mol. The fourth-order valence-electron chi connectivity index (χ4n) is 3.24. The molecule has 0 bridgehead atoms. The van der Waals surface area contributed by atoms with Gasteiger partial charge < -0.3 is 4.90 Å². The van der Waals surface area contributed by atoms with Crippen LogP contribution in [0.15, 0.2) is 54.6 Å². The van der Waals surface area contributed by atoms with E-state index in [1.54, 1.807) is 0 Å². The molecule has 0 unspecified atom stereocenters. The highest BCUT2D eigenvalue weighted by Crippen LogP contribution is 2.30. The lowest BCUT2D eigenvalue weighted by Crippen LogP contribution is -2.33. The van der Waals surface area contributed by atoms with Crippen LogP contribution in [0.3, 0.4) is 0 Å². The molecule has 4 rings (SSSR count). The highest BCUT2D eigenvalue weighted by atomic mass is 35.5. The Hall–Kier alpha value is -2.13. The topological polar surface area (TPSA) is 29.0 Å². The lowest BCUT2D eigenvalue weighted by Gasteiger charge is -2.32. The molecule has 1 aromatic heterocycles. The van der Waals surface area contributed by atoms with Gasteiger partial charge >= 0.3 is 0 Å². The molecule has 1 saturated heterocycles. The van der Waals surface area contributed by atoms with Crippen LogP contribution in [0, 0.1) is 5.92 Å². The number of para-hydroxylation sites is 1. The number of aromatic nitrogens is 2. The summed E-state index contributed by atoms with van der Waals surface area (Å²) >= 11 is 0. The van der Waals surface area contributed by atoms with Gasteiger partial charge in [0.05, 0.1) is 5.52 Å². The van der Waals surface area contributed by atoms with Gasteiger partial charge in [-0.15, -0.1) is 12.4 Å². The number of piperidine rings is 1. The maximum absolute atomic E-state index is 4.93. The van der Waals surface area contributed by atoms with E-state index >= 15 is 0 Å². The summed E-state index contributed by atoms with van der Waals surface area (Å²) in [7, 11) is 0. The number of hydrogen-bond donors (Lipinski definition) is 0. The Bertz CT molecular complexity index is 811. The Morgan fingerprint density at radius 2 is 1.54 bits per heavy atom. The molecule has 0 N–H and O–H groups in total. The summed E-state index contributed by atoms with van der Waals surface area (Å²) in [6.07, 6.45) is 2.47. The van der Waals surface area contributed by atoms with Crippen LogP contribution in [-0.2, 0) is 0 Å². The molecule has 0 spiro atoms. The van der Waals surface area contributed by atoms with Crippen molar-refractivity contribution in [2.75, 3.05) is 18.0 Å². The summed E-state index contributed by atoms with van der Waals surface area (Å²) in [4.78, 5) is 12.1. The molecular weight excluding hydrogens is 318 g/mol. The highest BCUT2D eigenvalue weighted by Gasteiger charge is 2.20. The third kappa shape index (κ3) is 3.22. The number of fused-ring (bicyclic) bond motifs is 1. The maximum Gasteiger partial charge on any atom is 0.162 e. The Morgan fingerprint density at radius 1 is 0.875 bits per heavy atom. The monoisotopic (exact) mass is 339 g/mol. The van der Waals surface area contributed by atoms with Gasteiger partial charge in [-0.3, -0.25) is 0 Å². The minimum absolute atomic E-state index is 0. The lowest BCUT2D eigenvalue weighted by molar-refractivity contribution is 0.437. The first kappa shape index (κ1) is 16.7. The molecule has 1 aliphatic rings. The van der Waals surface area contributed by atoms with Crippen molar-refractivity contribution >= 4 is 29.1 Å². The lowest BCUT2D eigenvalue weighted by atomic mass is 9.99. The van der Waals surface area contributed by atoms with Gasteiger partial charge in [-0.05, 0) is 30.9 Å². The SMILES string of the molecule is CC1CCN(c2nc(-c3ccccc3)nc3ccccc23)CC1.Cl. The van der Waals surface area contributed by atoms with Crippen molar-refractivity contribution in [3.63, 3.8) is 0 Å². The standard InChI is InChI=1S/C20H21N3.ClH/c1-15-11-13-23(14-12-15)20-17-9-5-6-10-18(17)21-19(22-20)16-7-3-2-4-8-16;/h2-10,15H,11-14H2,1H3;1H. The van der Waals surface area contributed by atoms with Crippen molar-refractivity contribution in [1.82, 2.24) is 9.97 Å². The van der Waals surface area contributed by atoms with Crippen LogP contribution in [0.1, 0.15) is 19.8 Å². The molecule has 0 amide bonds. The first-order valence-electron chi connectivity index (χ1n) is 8.38. The molecule has 3 nitrogen and oxygen atoms in total. The summed E-state index contributed by atoms with van der Waals surface area (Å²) in [6, 6.07) is 18.6. The van der Waals surface area contributed by atoms with Gasteiger partial charge in [-0.2, -0.15) is 0 Å². The molecule has 0 radical (unpaired) electrons. The van der Waals surface area contributed by atoms with Gasteiger partial charge in [-0.25, -0.2) is 9.97 Å². The molecule has 0 aliphatic carbocycles. The van der Waals surface area contributed by atoms with Crippen LogP contribution in [0.2, 0.25) is 0 Å². The van der Waals surface area contributed by atoms with Gasteiger partial charge in [-0.1, -0.05) is 49.4 Å². The third-order valence-corrected chi connectivity index (χ3v) is 4.70. The zero-order valence-electron chi connectivity index (χ0n) is 13.9. The average Bonchev–Trinajstić information content (AvgIpc) is 2.62. The zero-order chi connectivity index (χ0) is 15.6. The van der Waals surface area contributed by atoms with Crippen molar-refractivity contribution in [2.45, 2.75) is 19.8 Å². The van der Waals surface area contributed by atoms with E-state index in [2.05, 4.69) is 42.2 Å². The second-order valence-electron chi connectivity index (χ2n) is 6.42. The number of halogens is 1. The summed E-state index contributed by atoms with van der Waals surface area (Å²) in [6.45, 7) is 4.50. The van der Waals surface area contributed by atoms with E-state index in [1.165, 1.54) is 12.8 Å². The van der Waals surface area contributed by atoms with Crippen molar-refractivity contribution in [3.8, 4) is 11.4 Å². The van der Waals surface area contributed by atoms with Crippen molar-refractivity contribution < 1.29 is 0 Å². The fraction of sp³-hybridized carbons (Fsp3) is 0.300. The van der Waals surface area contributed by atoms with Gasteiger partial charge in [0.15, 0.2) is 5.82 Å². The van der Waals surface area contributed by atoms with E-state index in [-0.39, 0.29) is 12.4 Å². The molecule has 1 aliphatic heterocycles. The molecule has 1 fully saturated rings. The molecule has 124 valence electrons. The minimum atomic E-state index is 0. The van der Waals surface area contributed by atoms with Gasteiger partial charge in [0, 0.05) is 24.0 Å². The number of hydrogen-bond acceptors (Lipinski definition) is 3. The first-order valence-corrected chi connectivity index (χ1v) is 8.38. The number of anilines is 1. The largest absolute Gasteiger partial charge is 0.356 e. The minimum Gasteiger partial charge on any atom is -0.356 e. The van der Waals surface area contributed by atoms with Crippen LogP contribution < -0.4 is 4.90 Å². The zero-order valence-corrected chi connectivity index (χ0v) is 14.7. The summed E-state index contributed by atoms with van der Waals surface area (Å²) in [5.74, 6) is 2.72. The molecule has 2 heterocycles. The summed E-state index contributed by atoms with van der Waals surface area (Å²) in [5.41, 5.74) is 2.10. The van der Waals surface area contributed by atoms with E-state index < -0.39 is 0 Å². The van der Waals surface area contributed by atoms with Crippen molar-refractivity contribution in [1.29, 1.82) is 0 Å². The second-order valence-corrected chi connectivity index (χ2v) is 6.42.